The number of aromatic hydroxyl groups is 1. The highest BCUT2D eigenvalue weighted by atomic mass is 35.5. The fourth-order valence-corrected chi connectivity index (χ4v) is 1.06. The smallest absolute Gasteiger partial charge is 0.257 e. The van der Waals surface area contributed by atoms with Gasteiger partial charge in [0.25, 0.3) is 6.43 Å². The molecule has 1 atom stereocenters. The summed E-state index contributed by atoms with van der Waals surface area (Å²) in [5.74, 6) is -0.146. The average molecular weight is 208 g/mol. The van der Waals surface area contributed by atoms with E-state index in [1.165, 1.54) is 18.2 Å². The summed E-state index contributed by atoms with van der Waals surface area (Å²) in [6.07, 6.45) is -2.64. The van der Waals surface area contributed by atoms with E-state index in [-0.39, 0.29) is 16.3 Å². The topological polar surface area (TPSA) is 46.2 Å². The van der Waals surface area contributed by atoms with Gasteiger partial charge in [0.2, 0.25) is 0 Å². The third kappa shape index (κ3) is 2.29. The molecule has 1 rings (SSSR count). The summed E-state index contributed by atoms with van der Waals surface area (Å²) in [4.78, 5) is 0. The molecule has 0 spiro atoms. The van der Waals surface area contributed by atoms with Gasteiger partial charge in [0.15, 0.2) is 0 Å². The van der Waals surface area contributed by atoms with Gasteiger partial charge < -0.3 is 10.8 Å². The lowest BCUT2D eigenvalue weighted by Crippen LogP contribution is -2.18. The van der Waals surface area contributed by atoms with Crippen molar-refractivity contribution >= 4 is 11.6 Å². The Labute approximate surface area is 78.9 Å². The summed E-state index contributed by atoms with van der Waals surface area (Å²) in [5.41, 5.74) is 5.37. The van der Waals surface area contributed by atoms with Gasteiger partial charge in [-0.05, 0) is 17.7 Å². The van der Waals surface area contributed by atoms with Crippen LogP contribution in [0, 0.1) is 0 Å². The lowest BCUT2D eigenvalue weighted by atomic mass is 10.1. The summed E-state index contributed by atoms with van der Waals surface area (Å²) >= 11 is 5.51. The van der Waals surface area contributed by atoms with Crippen molar-refractivity contribution in [2.45, 2.75) is 12.5 Å². The number of nitrogens with two attached hydrogens (primary N) is 1. The van der Waals surface area contributed by atoms with Gasteiger partial charge in [-0.15, -0.1) is 0 Å². The molecule has 5 heteroatoms. The van der Waals surface area contributed by atoms with Gasteiger partial charge in [-0.25, -0.2) is 8.78 Å². The van der Waals surface area contributed by atoms with Crippen LogP contribution in [-0.2, 0) is 0 Å². The summed E-state index contributed by atoms with van der Waals surface area (Å²) in [6, 6.07) is 2.42. The van der Waals surface area contributed by atoms with E-state index in [9.17, 15) is 8.78 Å². The second-order valence-electron chi connectivity index (χ2n) is 2.57. The van der Waals surface area contributed by atoms with Crippen molar-refractivity contribution in [2.75, 3.05) is 0 Å². The first-order valence-corrected chi connectivity index (χ1v) is 3.92. The lowest BCUT2D eigenvalue weighted by molar-refractivity contribution is 0.116. The van der Waals surface area contributed by atoms with Crippen LogP contribution in [0.25, 0.3) is 0 Å². The second kappa shape index (κ2) is 3.89. The molecule has 72 valence electrons. The molecule has 13 heavy (non-hydrogen) atoms. The molecule has 2 nitrogen and oxygen atoms in total. The molecule has 0 radical (unpaired) electrons. The van der Waals surface area contributed by atoms with Gasteiger partial charge in [0.1, 0.15) is 5.75 Å². The second-order valence-corrected chi connectivity index (χ2v) is 2.98. The molecule has 0 aromatic heterocycles. The van der Waals surface area contributed by atoms with Crippen molar-refractivity contribution < 1.29 is 13.9 Å². The van der Waals surface area contributed by atoms with E-state index in [1.54, 1.807) is 0 Å². The zero-order valence-electron chi connectivity index (χ0n) is 6.55. The number of rotatable bonds is 2. The van der Waals surface area contributed by atoms with Crippen LogP contribution in [0.4, 0.5) is 8.78 Å². The Bertz CT molecular complexity index is 306. The molecular formula is C8H8ClF2NO. The first-order chi connectivity index (χ1) is 6.02. The van der Waals surface area contributed by atoms with Gasteiger partial charge in [-0.1, -0.05) is 17.7 Å². The molecule has 0 saturated carbocycles. The van der Waals surface area contributed by atoms with Gasteiger partial charge in [-0.3, -0.25) is 0 Å². The number of phenolic OH excluding ortho intramolecular Hbond substituents is 1. The van der Waals surface area contributed by atoms with E-state index in [0.29, 0.717) is 0 Å². The van der Waals surface area contributed by atoms with E-state index in [2.05, 4.69) is 0 Å². The molecule has 0 amide bonds. The van der Waals surface area contributed by atoms with E-state index >= 15 is 0 Å². The highest BCUT2D eigenvalue weighted by Crippen LogP contribution is 2.27. The molecular weight excluding hydrogens is 200 g/mol. The van der Waals surface area contributed by atoms with E-state index in [1.807, 2.05) is 0 Å². The molecule has 0 aliphatic heterocycles. The maximum Gasteiger partial charge on any atom is 0.257 e. The van der Waals surface area contributed by atoms with Crippen LogP contribution >= 0.6 is 11.6 Å². The lowest BCUT2D eigenvalue weighted by Gasteiger charge is -2.10. The normalized spacial score (nSPS) is 13.3. The van der Waals surface area contributed by atoms with Crippen molar-refractivity contribution in [3.8, 4) is 5.75 Å². The van der Waals surface area contributed by atoms with Gasteiger partial charge >= 0.3 is 0 Å². The molecule has 1 aromatic rings. The zero-order chi connectivity index (χ0) is 10.0. The molecule has 0 heterocycles. The maximum atomic E-state index is 12.1. The number of hydrogen-bond acceptors (Lipinski definition) is 2. The van der Waals surface area contributed by atoms with Gasteiger partial charge in [-0.2, -0.15) is 0 Å². The standard InChI is InChI=1S/C8H8ClF2NO/c9-5-3-4(1-2-6(5)13)7(12)8(10)11/h1-3,7-8,13H,12H2. The number of alkyl halides is 2. The number of halogens is 3. The third-order valence-electron chi connectivity index (χ3n) is 1.63. The van der Waals surface area contributed by atoms with Crippen molar-refractivity contribution in [3.63, 3.8) is 0 Å². The zero-order valence-corrected chi connectivity index (χ0v) is 7.30. The van der Waals surface area contributed by atoms with Gasteiger partial charge in [0, 0.05) is 0 Å². The van der Waals surface area contributed by atoms with Crippen LogP contribution in [0.5, 0.6) is 5.75 Å². The Morgan fingerprint density at radius 3 is 2.46 bits per heavy atom. The minimum absolute atomic E-state index is 0.0219. The molecule has 0 bridgehead atoms. The first-order valence-electron chi connectivity index (χ1n) is 3.54. The molecule has 1 aromatic carbocycles. The minimum Gasteiger partial charge on any atom is -0.506 e. The van der Waals surface area contributed by atoms with Crippen LogP contribution in [0.15, 0.2) is 18.2 Å². The van der Waals surface area contributed by atoms with Crippen LogP contribution in [-0.4, -0.2) is 11.5 Å². The SMILES string of the molecule is NC(c1ccc(O)c(Cl)c1)C(F)F. The Kier molecular flexibility index (Phi) is 3.06. The Hall–Kier alpha value is -0.870. The molecule has 0 saturated heterocycles. The number of phenols is 1. The summed E-state index contributed by atoms with van der Waals surface area (Å²) < 4.78 is 24.2. The predicted molar refractivity (Wildman–Crippen MR) is 46.0 cm³/mol. The van der Waals surface area contributed by atoms with Crippen LogP contribution < -0.4 is 5.73 Å². The average Bonchev–Trinajstić information content (AvgIpc) is 2.08. The molecule has 0 aliphatic carbocycles. The third-order valence-corrected chi connectivity index (χ3v) is 1.93. The van der Waals surface area contributed by atoms with Crippen molar-refractivity contribution in [3.05, 3.63) is 28.8 Å². The molecule has 3 N–H and O–H groups in total. The summed E-state index contributed by atoms with van der Waals surface area (Å²) in [7, 11) is 0. The summed E-state index contributed by atoms with van der Waals surface area (Å²) in [6.45, 7) is 0. The molecule has 0 aliphatic rings. The van der Waals surface area contributed by atoms with E-state index in [0.717, 1.165) is 0 Å². The van der Waals surface area contributed by atoms with Crippen LogP contribution in [0.1, 0.15) is 11.6 Å². The van der Waals surface area contributed by atoms with Crippen LogP contribution in [0.2, 0.25) is 5.02 Å². The predicted octanol–water partition coefficient (Wildman–Crippen LogP) is 2.31. The largest absolute Gasteiger partial charge is 0.506 e. The van der Waals surface area contributed by atoms with Crippen molar-refractivity contribution in [1.82, 2.24) is 0 Å². The Morgan fingerprint density at radius 1 is 1.38 bits per heavy atom. The quantitative estimate of drug-likeness (QED) is 0.782. The maximum absolute atomic E-state index is 12.1. The summed E-state index contributed by atoms with van der Waals surface area (Å²) in [5, 5.41) is 9.03. The van der Waals surface area contributed by atoms with Crippen LogP contribution in [0.3, 0.4) is 0 Å². The Balaban J connectivity index is 2.97. The van der Waals surface area contributed by atoms with E-state index < -0.39 is 12.5 Å². The molecule has 1 unspecified atom stereocenters. The van der Waals surface area contributed by atoms with Crippen molar-refractivity contribution in [2.24, 2.45) is 5.73 Å². The monoisotopic (exact) mass is 207 g/mol. The molecule has 0 fully saturated rings. The Morgan fingerprint density at radius 2 is 2.00 bits per heavy atom. The van der Waals surface area contributed by atoms with Crippen molar-refractivity contribution in [1.29, 1.82) is 0 Å². The number of hydrogen-bond donors (Lipinski definition) is 2. The fraction of sp³-hybridized carbons (Fsp3) is 0.250. The van der Waals surface area contributed by atoms with Gasteiger partial charge in [0.05, 0.1) is 11.1 Å². The fourth-order valence-electron chi connectivity index (χ4n) is 0.876. The minimum atomic E-state index is -2.64. The number of benzene rings is 1. The highest BCUT2D eigenvalue weighted by molar-refractivity contribution is 6.32. The van der Waals surface area contributed by atoms with E-state index in [4.69, 9.17) is 22.4 Å². The highest BCUT2D eigenvalue weighted by Gasteiger charge is 2.17. The first kappa shape index (κ1) is 10.2.